The lowest BCUT2D eigenvalue weighted by Crippen LogP contribution is -2.41. The number of aromatic nitrogens is 1. The van der Waals surface area contributed by atoms with Crippen LogP contribution < -0.4 is 10.6 Å². The van der Waals surface area contributed by atoms with Crippen LogP contribution in [0.4, 0.5) is 10.5 Å². The van der Waals surface area contributed by atoms with Crippen molar-refractivity contribution >= 4 is 23.7 Å². The zero-order valence-corrected chi connectivity index (χ0v) is 18.1. The molecule has 4 N–H and O–H groups in total. The summed E-state index contributed by atoms with van der Waals surface area (Å²) in [6, 6.07) is 17.7. The molecule has 1 aliphatic carbocycles. The molecule has 1 heterocycles. The number of aliphatic hydroxyl groups is 1. The Hall–Kier alpha value is -4.24. The molecule has 0 fully saturated rings. The van der Waals surface area contributed by atoms with Gasteiger partial charge in [0.05, 0.1) is 11.9 Å². The van der Waals surface area contributed by atoms with E-state index in [-0.39, 0.29) is 31.2 Å². The van der Waals surface area contributed by atoms with Crippen molar-refractivity contribution in [2.24, 2.45) is 0 Å². The molecule has 4 rings (SSSR count). The Bertz CT molecular complexity index is 1170. The first kappa shape index (κ1) is 22.9. The van der Waals surface area contributed by atoms with Gasteiger partial charge in [0, 0.05) is 18.9 Å². The zero-order valence-electron chi connectivity index (χ0n) is 18.1. The van der Waals surface area contributed by atoms with Gasteiger partial charge >= 0.3 is 12.1 Å². The maximum Gasteiger partial charge on any atom is 0.411 e. The molecule has 0 spiro atoms. The number of benzene rings is 2. The molecule has 2 amide bonds. The summed E-state index contributed by atoms with van der Waals surface area (Å²) in [5.41, 5.74) is 4.77. The first-order chi connectivity index (χ1) is 16.5. The third-order valence-corrected chi connectivity index (χ3v) is 5.61. The van der Waals surface area contributed by atoms with Crippen molar-refractivity contribution in [3.8, 4) is 11.1 Å². The molecule has 9 heteroatoms. The van der Waals surface area contributed by atoms with Crippen molar-refractivity contribution in [1.82, 2.24) is 10.3 Å². The maximum absolute atomic E-state index is 12.4. The van der Waals surface area contributed by atoms with E-state index in [0.29, 0.717) is 5.69 Å². The van der Waals surface area contributed by atoms with Gasteiger partial charge in [0.2, 0.25) is 0 Å². The molecule has 2 aromatic carbocycles. The molecule has 0 bridgehead atoms. The summed E-state index contributed by atoms with van der Waals surface area (Å²) in [6.45, 7) is -0.219. The smallest absolute Gasteiger partial charge is 0.411 e. The highest BCUT2D eigenvalue weighted by atomic mass is 16.5. The van der Waals surface area contributed by atoms with Crippen LogP contribution in [0.5, 0.6) is 0 Å². The standard InChI is InChI=1S/C25H23N3O6/c29-12-11-22(24(31)32)28-23(30)21-10-9-15(13-26-21)27-25(33)34-14-20-18-7-3-1-5-16(18)17-6-2-4-8-19(17)20/h1-10,13,20,22,29H,11-12,14H2,(H,27,33)(H,28,30)(H,31,32). The fourth-order valence-electron chi connectivity index (χ4n) is 3.97. The lowest BCUT2D eigenvalue weighted by atomic mass is 9.98. The second-order valence-electron chi connectivity index (χ2n) is 7.76. The largest absolute Gasteiger partial charge is 0.480 e. The summed E-state index contributed by atoms with van der Waals surface area (Å²) in [7, 11) is 0. The van der Waals surface area contributed by atoms with E-state index in [9.17, 15) is 14.4 Å². The Labute approximate surface area is 195 Å². The van der Waals surface area contributed by atoms with E-state index in [1.165, 1.54) is 18.3 Å². The van der Waals surface area contributed by atoms with Crippen molar-refractivity contribution in [1.29, 1.82) is 0 Å². The Morgan fingerprint density at radius 1 is 0.971 bits per heavy atom. The predicted molar refractivity (Wildman–Crippen MR) is 124 cm³/mol. The normalized spacial score (nSPS) is 12.9. The van der Waals surface area contributed by atoms with Crippen LogP contribution in [0.2, 0.25) is 0 Å². The van der Waals surface area contributed by atoms with Crippen molar-refractivity contribution in [3.05, 3.63) is 83.7 Å². The molecule has 1 unspecified atom stereocenters. The SMILES string of the molecule is O=C(Nc1ccc(C(=O)NC(CCO)C(=O)O)nc1)OCC1c2ccccc2-c2ccccc21. The number of pyridine rings is 1. The van der Waals surface area contributed by atoms with Gasteiger partial charge in [-0.25, -0.2) is 14.6 Å². The monoisotopic (exact) mass is 461 g/mol. The average molecular weight is 461 g/mol. The van der Waals surface area contributed by atoms with E-state index in [2.05, 4.69) is 27.8 Å². The number of ether oxygens (including phenoxy) is 1. The van der Waals surface area contributed by atoms with Gasteiger partial charge in [0.15, 0.2) is 0 Å². The molecule has 1 aromatic heterocycles. The summed E-state index contributed by atoms with van der Waals surface area (Å²) < 4.78 is 5.48. The van der Waals surface area contributed by atoms with Crippen LogP contribution >= 0.6 is 0 Å². The minimum Gasteiger partial charge on any atom is -0.480 e. The molecule has 1 atom stereocenters. The van der Waals surface area contributed by atoms with Gasteiger partial charge in [-0.05, 0) is 34.4 Å². The summed E-state index contributed by atoms with van der Waals surface area (Å²) in [4.78, 5) is 39.6. The number of carbonyl (C=O) groups is 3. The fourth-order valence-corrected chi connectivity index (χ4v) is 3.97. The quantitative estimate of drug-likeness (QED) is 0.405. The number of carboxylic acids is 1. The van der Waals surface area contributed by atoms with Gasteiger partial charge in [0.1, 0.15) is 18.3 Å². The molecular formula is C25H23N3O6. The Kier molecular flexibility index (Phi) is 6.84. The minimum absolute atomic E-state index is 0.0257. The van der Waals surface area contributed by atoms with Crippen LogP contribution in [0.3, 0.4) is 0 Å². The van der Waals surface area contributed by atoms with Gasteiger partial charge in [-0.2, -0.15) is 0 Å². The van der Waals surface area contributed by atoms with E-state index < -0.39 is 24.0 Å². The number of carbonyl (C=O) groups excluding carboxylic acids is 2. The number of aliphatic hydroxyl groups excluding tert-OH is 1. The van der Waals surface area contributed by atoms with Crippen LogP contribution in [-0.4, -0.2) is 52.4 Å². The molecule has 0 saturated heterocycles. The molecule has 9 nitrogen and oxygen atoms in total. The number of fused-ring (bicyclic) bond motifs is 3. The molecule has 0 aliphatic heterocycles. The van der Waals surface area contributed by atoms with E-state index >= 15 is 0 Å². The van der Waals surface area contributed by atoms with E-state index in [1.807, 2.05) is 36.4 Å². The average Bonchev–Trinajstić information content (AvgIpc) is 3.16. The van der Waals surface area contributed by atoms with Gasteiger partial charge < -0.3 is 20.3 Å². The number of aliphatic carboxylic acids is 1. The number of hydrogen-bond donors (Lipinski definition) is 4. The second kappa shape index (κ2) is 10.1. The fraction of sp³-hybridized carbons (Fsp3) is 0.200. The zero-order chi connectivity index (χ0) is 24.1. The summed E-state index contributed by atoms with van der Waals surface area (Å²) in [5.74, 6) is -2.02. The molecule has 174 valence electrons. The van der Waals surface area contributed by atoms with E-state index in [0.717, 1.165) is 22.3 Å². The molecule has 34 heavy (non-hydrogen) atoms. The van der Waals surface area contributed by atoms with Gasteiger partial charge in [0.25, 0.3) is 5.91 Å². The predicted octanol–water partition coefficient (Wildman–Crippen LogP) is 3.01. The van der Waals surface area contributed by atoms with E-state index in [1.54, 1.807) is 0 Å². The van der Waals surface area contributed by atoms with Crippen LogP contribution in [0.15, 0.2) is 66.9 Å². The number of carboxylic acid groups (broad SMARTS) is 1. The Morgan fingerprint density at radius 3 is 2.18 bits per heavy atom. The van der Waals surface area contributed by atoms with Crippen molar-refractivity contribution in [2.75, 3.05) is 18.5 Å². The molecule has 3 aromatic rings. The van der Waals surface area contributed by atoms with Gasteiger partial charge in [-0.15, -0.1) is 0 Å². The van der Waals surface area contributed by atoms with Crippen LogP contribution in [0.25, 0.3) is 11.1 Å². The summed E-state index contributed by atoms with van der Waals surface area (Å²) >= 11 is 0. The lowest BCUT2D eigenvalue weighted by molar-refractivity contribution is -0.139. The first-order valence-corrected chi connectivity index (χ1v) is 10.7. The lowest BCUT2D eigenvalue weighted by Gasteiger charge is -2.15. The van der Waals surface area contributed by atoms with Crippen LogP contribution in [0.1, 0.15) is 34.0 Å². The summed E-state index contributed by atoms with van der Waals surface area (Å²) in [6.07, 6.45) is 0.496. The number of amides is 2. The third-order valence-electron chi connectivity index (χ3n) is 5.61. The van der Waals surface area contributed by atoms with Gasteiger partial charge in [-0.1, -0.05) is 48.5 Å². The van der Waals surface area contributed by atoms with E-state index in [4.69, 9.17) is 14.9 Å². The number of hydrogen-bond acceptors (Lipinski definition) is 6. The van der Waals surface area contributed by atoms with Gasteiger partial charge in [-0.3, -0.25) is 10.1 Å². The Balaban J connectivity index is 1.35. The molecular weight excluding hydrogens is 438 g/mol. The minimum atomic E-state index is -1.25. The van der Waals surface area contributed by atoms with Crippen LogP contribution in [0, 0.1) is 0 Å². The van der Waals surface area contributed by atoms with Crippen molar-refractivity contribution in [2.45, 2.75) is 18.4 Å². The van der Waals surface area contributed by atoms with Crippen molar-refractivity contribution < 1.29 is 29.3 Å². The molecule has 0 radical (unpaired) electrons. The van der Waals surface area contributed by atoms with Crippen LogP contribution in [-0.2, 0) is 9.53 Å². The maximum atomic E-state index is 12.4. The Morgan fingerprint density at radius 2 is 1.62 bits per heavy atom. The number of nitrogens with one attached hydrogen (secondary N) is 2. The number of rotatable bonds is 8. The molecule has 1 aliphatic rings. The van der Waals surface area contributed by atoms with Crippen molar-refractivity contribution in [3.63, 3.8) is 0 Å². The number of anilines is 1. The topological polar surface area (TPSA) is 138 Å². The summed E-state index contributed by atoms with van der Waals surface area (Å²) in [5, 5.41) is 22.9. The molecule has 0 saturated carbocycles. The second-order valence-corrected chi connectivity index (χ2v) is 7.76. The third kappa shape index (κ3) is 4.89. The highest BCUT2D eigenvalue weighted by molar-refractivity contribution is 5.95. The highest BCUT2D eigenvalue weighted by Gasteiger charge is 2.29. The first-order valence-electron chi connectivity index (χ1n) is 10.7. The number of nitrogens with zero attached hydrogens (tertiary/aromatic N) is 1. The highest BCUT2D eigenvalue weighted by Crippen LogP contribution is 2.44.